The topological polar surface area (TPSA) is 42.0 Å². The zero-order valence-electron chi connectivity index (χ0n) is 12.5. The van der Waals surface area contributed by atoms with E-state index >= 15 is 0 Å². The van der Waals surface area contributed by atoms with Crippen molar-refractivity contribution in [1.82, 2.24) is 9.80 Å². The van der Waals surface area contributed by atoms with Crippen LogP contribution in [-0.4, -0.2) is 69.3 Å². The highest BCUT2D eigenvalue weighted by Gasteiger charge is 2.20. The summed E-state index contributed by atoms with van der Waals surface area (Å²) in [6.45, 7) is 4.42. The van der Waals surface area contributed by atoms with E-state index in [1.165, 1.54) is 0 Å². The molecule has 1 aliphatic heterocycles. The van der Waals surface area contributed by atoms with Crippen LogP contribution in [0.4, 0.5) is 0 Å². The second-order valence-corrected chi connectivity index (χ2v) is 5.94. The third kappa shape index (κ3) is 4.43. The minimum Gasteiger partial charge on any atom is -0.490 e. The Bertz CT molecular complexity index is 488. The number of halogens is 1. The summed E-state index contributed by atoms with van der Waals surface area (Å²) in [5.41, 5.74) is 0.686. The molecule has 1 aliphatic rings. The minimum atomic E-state index is 0.0761. The number of carbonyl (C=O) groups is 1. The normalized spacial score (nSPS) is 16.0. The molecule has 0 aromatic heterocycles. The van der Waals surface area contributed by atoms with Crippen LogP contribution in [0.1, 0.15) is 10.4 Å². The monoisotopic (exact) mass is 356 g/mol. The number of likely N-dealkylation sites (N-methyl/N-ethyl adjacent to an activating group) is 1. The Morgan fingerprint density at radius 1 is 1.24 bits per heavy atom. The number of amides is 1. The molecule has 1 fully saturated rings. The first-order valence-electron chi connectivity index (χ1n) is 7.01. The van der Waals surface area contributed by atoms with Crippen molar-refractivity contribution < 1.29 is 14.3 Å². The molecule has 1 aromatic rings. The van der Waals surface area contributed by atoms with Gasteiger partial charge in [-0.25, -0.2) is 0 Å². The van der Waals surface area contributed by atoms with E-state index in [4.69, 9.17) is 9.47 Å². The van der Waals surface area contributed by atoms with Crippen molar-refractivity contribution in [3.05, 3.63) is 28.2 Å². The summed E-state index contributed by atoms with van der Waals surface area (Å²) >= 11 is 3.46. The Morgan fingerprint density at radius 2 is 1.95 bits per heavy atom. The molecule has 0 radical (unpaired) electrons. The van der Waals surface area contributed by atoms with E-state index in [1.54, 1.807) is 7.11 Å². The molecule has 1 heterocycles. The van der Waals surface area contributed by atoms with Crippen molar-refractivity contribution >= 4 is 21.8 Å². The molecule has 0 bridgehead atoms. The summed E-state index contributed by atoms with van der Waals surface area (Å²) < 4.78 is 11.3. The Labute approximate surface area is 133 Å². The van der Waals surface area contributed by atoms with Gasteiger partial charge in [-0.2, -0.15) is 0 Å². The molecule has 1 amide bonds. The summed E-state index contributed by atoms with van der Waals surface area (Å²) in [4.78, 5) is 16.6. The van der Waals surface area contributed by atoms with Crippen LogP contribution in [0.2, 0.25) is 0 Å². The lowest BCUT2D eigenvalue weighted by Crippen LogP contribution is -2.47. The highest BCUT2D eigenvalue weighted by molar-refractivity contribution is 9.10. The van der Waals surface area contributed by atoms with Crippen LogP contribution in [0.15, 0.2) is 22.7 Å². The highest BCUT2D eigenvalue weighted by Crippen LogP contribution is 2.26. The molecule has 1 saturated heterocycles. The SMILES string of the molecule is COCCOc1ccc(C(=O)N2CCN(C)CC2)cc1Br. The molecule has 0 atom stereocenters. The fourth-order valence-electron chi connectivity index (χ4n) is 2.18. The minimum absolute atomic E-state index is 0.0761. The van der Waals surface area contributed by atoms with Gasteiger partial charge in [-0.3, -0.25) is 4.79 Å². The van der Waals surface area contributed by atoms with E-state index in [2.05, 4.69) is 27.9 Å². The van der Waals surface area contributed by atoms with Crippen molar-refractivity contribution in [2.24, 2.45) is 0 Å². The average Bonchev–Trinajstić information content (AvgIpc) is 2.49. The molecule has 21 heavy (non-hydrogen) atoms. The van der Waals surface area contributed by atoms with E-state index in [0.29, 0.717) is 18.8 Å². The van der Waals surface area contributed by atoms with Crippen molar-refractivity contribution in [1.29, 1.82) is 0 Å². The molecule has 116 valence electrons. The number of carbonyl (C=O) groups excluding carboxylic acids is 1. The maximum atomic E-state index is 12.5. The molecule has 0 spiro atoms. The molecule has 0 unspecified atom stereocenters. The van der Waals surface area contributed by atoms with Gasteiger partial charge in [-0.15, -0.1) is 0 Å². The lowest BCUT2D eigenvalue weighted by molar-refractivity contribution is 0.0664. The van der Waals surface area contributed by atoms with Crippen LogP contribution < -0.4 is 4.74 Å². The Balaban J connectivity index is 2.00. The van der Waals surface area contributed by atoms with Gasteiger partial charge in [0.25, 0.3) is 5.91 Å². The van der Waals surface area contributed by atoms with Gasteiger partial charge < -0.3 is 19.3 Å². The second kappa shape index (κ2) is 7.77. The molecule has 0 aliphatic carbocycles. The predicted molar refractivity (Wildman–Crippen MR) is 84.9 cm³/mol. The van der Waals surface area contributed by atoms with Crippen molar-refractivity contribution in [2.75, 3.05) is 53.6 Å². The first-order valence-corrected chi connectivity index (χ1v) is 7.80. The smallest absolute Gasteiger partial charge is 0.253 e. The summed E-state index contributed by atoms with van der Waals surface area (Å²) in [7, 11) is 3.71. The highest BCUT2D eigenvalue weighted by atomic mass is 79.9. The largest absolute Gasteiger partial charge is 0.490 e. The van der Waals surface area contributed by atoms with Gasteiger partial charge in [0.05, 0.1) is 11.1 Å². The maximum absolute atomic E-state index is 12.5. The summed E-state index contributed by atoms with van der Waals surface area (Å²) in [5, 5.41) is 0. The number of benzene rings is 1. The standard InChI is InChI=1S/C15H21BrN2O3/c1-17-5-7-18(8-6-17)15(19)12-3-4-14(13(16)11-12)21-10-9-20-2/h3-4,11H,5-10H2,1-2H3. The average molecular weight is 357 g/mol. The molecule has 0 saturated carbocycles. The molecule has 5 nitrogen and oxygen atoms in total. The quantitative estimate of drug-likeness (QED) is 0.755. The van der Waals surface area contributed by atoms with E-state index in [0.717, 1.165) is 36.4 Å². The van der Waals surface area contributed by atoms with Crippen LogP contribution in [0.3, 0.4) is 0 Å². The number of rotatable bonds is 5. The van der Waals surface area contributed by atoms with E-state index in [9.17, 15) is 4.79 Å². The van der Waals surface area contributed by atoms with Gasteiger partial charge in [-0.1, -0.05) is 0 Å². The first-order chi connectivity index (χ1) is 10.1. The van der Waals surface area contributed by atoms with Crippen molar-refractivity contribution in [2.45, 2.75) is 0 Å². The Morgan fingerprint density at radius 3 is 2.57 bits per heavy atom. The molecule has 0 N–H and O–H groups in total. The van der Waals surface area contributed by atoms with Crippen LogP contribution >= 0.6 is 15.9 Å². The summed E-state index contributed by atoms with van der Waals surface area (Å²) in [6, 6.07) is 5.46. The van der Waals surface area contributed by atoms with E-state index in [1.807, 2.05) is 23.1 Å². The van der Waals surface area contributed by atoms with Gasteiger partial charge in [-0.05, 0) is 41.2 Å². The number of nitrogens with zero attached hydrogens (tertiary/aromatic N) is 2. The lowest BCUT2D eigenvalue weighted by atomic mass is 10.1. The van der Waals surface area contributed by atoms with Crippen LogP contribution in [0.5, 0.6) is 5.75 Å². The molecule has 1 aromatic carbocycles. The Kier molecular flexibility index (Phi) is 6.02. The number of hydrogen-bond donors (Lipinski definition) is 0. The molecular weight excluding hydrogens is 336 g/mol. The second-order valence-electron chi connectivity index (χ2n) is 5.08. The third-order valence-electron chi connectivity index (χ3n) is 3.51. The lowest BCUT2D eigenvalue weighted by Gasteiger charge is -2.32. The predicted octanol–water partition coefficient (Wildman–Crippen LogP) is 1.86. The van der Waals surface area contributed by atoms with Crippen LogP contribution in [-0.2, 0) is 4.74 Å². The van der Waals surface area contributed by atoms with Gasteiger partial charge in [0.1, 0.15) is 12.4 Å². The van der Waals surface area contributed by atoms with Gasteiger partial charge in [0, 0.05) is 38.9 Å². The fourth-order valence-corrected chi connectivity index (χ4v) is 2.67. The maximum Gasteiger partial charge on any atom is 0.253 e. The van der Waals surface area contributed by atoms with Crippen molar-refractivity contribution in [3.8, 4) is 5.75 Å². The fraction of sp³-hybridized carbons (Fsp3) is 0.533. The summed E-state index contributed by atoms with van der Waals surface area (Å²) in [6.07, 6.45) is 0. The number of methoxy groups -OCH3 is 1. The number of piperazine rings is 1. The first kappa shape index (κ1) is 16.3. The zero-order valence-corrected chi connectivity index (χ0v) is 14.1. The van der Waals surface area contributed by atoms with Gasteiger partial charge in [0.2, 0.25) is 0 Å². The van der Waals surface area contributed by atoms with Crippen LogP contribution in [0.25, 0.3) is 0 Å². The van der Waals surface area contributed by atoms with Gasteiger partial charge >= 0.3 is 0 Å². The molecule has 6 heteroatoms. The molecule has 2 rings (SSSR count). The number of hydrogen-bond acceptors (Lipinski definition) is 4. The van der Waals surface area contributed by atoms with E-state index in [-0.39, 0.29) is 5.91 Å². The number of ether oxygens (including phenoxy) is 2. The zero-order chi connectivity index (χ0) is 15.2. The van der Waals surface area contributed by atoms with Crippen LogP contribution in [0, 0.1) is 0 Å². The van der Waals surface area contributed by atoms with E-state index < -0.39 is 0 Å². The summed E-state index contributed by atoms with van der Waals surface area (Å²) in [5.74, 6) is 0.800. The third-order valence-corrected chi connectivity index (χ3v) is 4.13. The van der Waals surface area contributed by atoms with Crippen molar-refractivity contribution in [3.63, 3.8) is 0 Å². The Hall–Kier alpha value is -1.11. The molecular formula is C15H21BrN2O3. The van der Waals surface area contributed by atoms with Gasteiger partial charge in [0.15, 0.2) is 0 Å².